The minimum atomic E-state index is -4.49. The van der Waals surface area contributed by atoms with Crippen LogP contribution < -0.4 is 5.32 Å². The van der Waals surface area contributed by atoms with E-state index in [0.717, 1.165) is 6.07 Å². The van der Waals surface area contributed by atoms with E-state index in [-0.39, 0.29) is 17.8 Å². The fourth-order valence-corrected chi connectivity index (χ4v) is 1.50. The molecule has 0 radical (unpaired) electrons. The summed E-state index contributed by atoms with van der Waals surface area (Å²) in [6, 6.07) is 2.07. The van der Waals surface area contributed by atoms with E-state index in [1.165, 1.54) is 6.07 Å². The first-order chi connectivity index (χ1) is 8.45. The predicted octanol–water partition coefficient (Wildman–Crippen LogP) is 0.916. The number of hydrogen-bond acceptors (Lipinski definition) is 5. The van der Waals surface area contributed by atoms with Gasteiger partial charge in [-0.2, -0.15) is 13.2 Å². The van der Waals surface area contributed by atoms with E-state index in [2.05, 4.69) is 15.5 Å². The molecule has 100 valence electrons. The van der Waals surface area contributed by atoms with Gasteiger partial charge in [-0.1, -0.05) is 0 Å². The number of nitrogens with zero attached hydrogens (tertiary/aromatic N) is 2. The summed E-state index contributed by atoms with van der Waals surface area (Å²) in [7, 11) is 0. The van der Waals surface area contributed by atoms with Crippen molar-refractivity contribution in [2.75, 3.05) is 31.7 Å². The second-order valence-corrected chi connectivity index (χ2v) is 4.31. The number of hydrogen-bond donors (Lipinski definition) is 2. The van der Waals surface area contributed by atoms with E-state index in [1.807, 2.05) is 0 Å². The summed E-state index contributed by atoms with van der Waals surface area (Å²) in [5, 5.41) is 18.5. The van der Waals surface area contributed by atoms with Crippen molar-refractivity contribution in [2.24, 2.45) is 5.41 Å². The molecule has 0 spiro atoms. The zero-order valence-corrected chi connectivity index (χ0v) is 9.37. The van der Waals surface area contributed by atoms with Crippen LogP contribution in [0, 0.1) is 5.41 Å². The van der Waals surface area contributed by atoms with Crippen molar-refractivity contribution < 1.29 is 23.0 Å². The molecule has 1 aliphatic heterocycles. The van der Waals surface area contributed by atoms with Gasteiger partial charge in [-0.25, -0.2) is 0 Å². The molecule has 0 atom stereocenters. The Balaban J connectivity index is 1.94. The highest BCUT2D eigenvalue weighted by Crippen LogP contribution is 2.28. The van der Waals surface area contributed by atoms with Gasteiger partial charge >= 0.3 is 6.18 Å². The Bertz CT molecular complexity index is 398. The van der Waals surface area contributed by atoms with Gasteiger partial charge in [0.05, 0.1) is 25.2 Å². The zero-order valence-electron chi connectivity index (χ0n) is 9.37. The first-order valence-electron chi connectivity index (χ1n) is 5.29. The van der Waals surface area contributed by atoms with Crippen LogP contribution in [0.4, 0.5) is 19.0 Å². The van der Waals surface area contributed by atoms with E-state index >= 15 is 0 Å². The number of halogens is 3. The largest absolute Gasteiger partial charge is 0.435 e. The van der Waals surface area contributed by atoms with Gasteiger partial charge in [0.25, 0.3) is 0 Å². The van der Waals surface area contributed by atoms with Gasteiger partial charge in [0.2, 0.25) is 0 Å². The maximum atomic E-state index is 12.2. The minimum Gasteiger partial charge on any atom is -0.396 e. The number of alkyl halides is 3. The third-order valence-electron chi connectivity index (χ3n) is 2.75. The summed E-state index contributed by atoms with van der Waals surface area (Å²) in [5.41, 5.74) is -1.40. The van der Waals surface area contributed by atoms with Crippen LogP contribution in [-0.4, -0.2) is 41.7 Å². The van der Waals surface area contributed by atoms with Crippen LogP contribution in [0.25, 0.3) is 0 Å². The van der Waals surface area contributed by atoms with Gasteiger partial charge in [0.15, 0.2) is 5.69 Å². The van der Waals surface area contributed by atoms with Crippen LogP contribution in [0.2, 0.25) is 0 Å². The Morgan fingerprint density at radius 2 is 2.06 bits per heavy atom. The third-order valence-corrected chi connectivity index (χ3v) is 2.75. The van der Waals surface area contributed by atoms with Gasteiger partial charge < -0.3 is 15.2 Å². The van der Waals surface area contributed by atoms with E-state index < -0.39 is 11.9 Å². The number of rotatable bonds is 4. The molecule has 0 bridgehead atoms. The maximum Gasteiger partial charge on any atom is 0.435 e. The highest BCUT2D eigenvalue weighted by molar-refractivity contribution is 5.33. The molecule has 0 amide bonds. The van der Waals surface area contributed by atoms with E-state index in [0.29, 0.717) is 19.8 Å². The van der Waals surface area contributed by atoms with E-state index in [4.69, 9.17) is 9.84 Å². The fourth-order valence-electron chi connectivity index (χ4n) is 1.50. The smallest absolute Gasteiger partial charge is 0.396 e. The average Bonchev–Trinajstić information content (AvgIpc) is 2.28. The monoisotopic (exact) mass is 263 g/mol. The molecule has 1 aliphatic rings. The summed E-state index contributed by atoms with van der Waals surface area (Å²) in [5.74, 6) is 0.239. The van der Waals surface area contributed by atoms with Crippen molar-refractivity contribution in [1.29, 1.82) is 0 Å². The summed E-state index contributed by atoms with van der Waals surface area (Å²) in [6.07, 6.45) is -4.49. The molecule has 0 unspecified atom stereocenters. The van der Waals surface area contributed by atoms with Crippen LogP contribution in [-0.2, 0) is 10.9 Å². The number of ether oxygens (including phenoxy) is 1. The Morgan fingerprint density at radius 3 is 2.44 bits per heavy atom. The molecule has 2 N–H and O–H groups in total. The van der Waals surface area contributed by atoms with Crippen LogP contribution >= 0.6 is 0 Å². The quantitative estimate of drug-likeness (QED) is 0.845. The normalized spacial score (nSPS) is 18.2. The van der Waals surface area contributed by atoms with Crippen LogP contribution in [0.5, 0.6) is 0 Å². The molecular weight excluding hydrogens is 251 g/mol. The molecule has 1 aromatic heterocycles. The molecule has 1 fully saturated rings. The SMILES string of the molecule is OCC1(CNc2ccc(C(F)(F)F)nn2)COC1. The van der Waals surface area contributed by atoms with Crippen molar-refractivity contribution in [3.8, 4) is 0 Å². The number of aromatic nitrogens is 2. The Kier molecular flexibility index (Phi) is 3.40. The lowest BCUT2D eigenvalue weighted by molar-refractivity contribution is -0.141. The average molecular weight is 263 g/mol. The summed E-state index contributed by atoms with van der Waals surface area (Å²) in [4.78, 5) is 0. The highest BCUT2D eigenvalue weighted by atomic mass is 19.4. The van der Waals surface area contributed by atoms with Gasteiger partial charge in [-0.15, -0.1) is 10.2 Å². The van der Waals surface area contributed by atoms with Crippen LogP contribution in [0.1, 0.15) is 5.69 Å². The number of aliphatic hydroxyl groups is 1. The maximum absolute atomic E-state index is 12.2. The van der Waals surface area contributed by atoms with Crippen molar-refractivity contribution in [2.45, 2.75) is 6.18 Å². The molecule has 1 saturated heterocycles. The van der Waals surface area contributed by atoms with Crippen molar-refractivity contribution in [1.82, 2.24) is 10.2 Å². The minimum absolute atomic E-state index is 0.0476. The third kappa shape index (κ3) is 2.70. The Hall–Kier alpha value is -1.41. The standard InChI is InChI=1S/C10H12F3N3O2/c11-10(12,13)7-1-2-8(16-15-7)14-3-9(4-17)5-18-6-9/h1-2,17H,3-6H2,(H,14,16). The topological polar surface area (TPSA) is 67.3 Å². The van der Waals surface area contributed by atoms with Crippen molar-refractivity contribution >= 4 is 5.82 Å². The van der Waals surface area contributed by atoms with Crippen LogP contribution in [0.3, 0.4) is 0 Å². The zero-order chi connectivity index (χ0) is 13.2. The lowest BCUT2D eigenvalue weighted by atomic mass is 9.87. The highest BCUT2D eigenvalue weighted by Gasteiger charge is 2.38. The first-order valence-corrected chi connectivity index (χ1v) is 5.29. The van der Waals surface area contributed by atoms with Gasteiger partial charge in [-0.3, -0.25) is 0 Å². The predicted molar refractivity (Wildman–Crippen MR) is 55.9 cm³/mol. The molecule has 1 aromatic rings. The van der Waals surface area contributed by atoms with E-state index in [9.17, 15) is 13.2 Å². The van der Waals surface area contributed by atoms with Gasteiger partial charge in [-0.05, 0) is 12.1 Å². The number of nitrogens with one attached hydrogen (secondary N) is 1. The molecule has 0 aliphatic carbocycles. The summed E-state index contributed by atoms with van der Waals surface area (Å²) >= 11 is 0. The number of aliphatic hydroxyl groups excluding tert-OH is 1. The first kappa shape index (κ1) is 13.0. The van der Waals surface area contributed by atoms with Crippen molar-refractivity contribution in [3.05, 3.63) is 17.8 Å². The lowest BCUT2D eigenvalue weighted by Gasteiger charge is -2.39. The summed E-state index contributed by atoms with van der Waals surface area (Å²) in [6.45, 7) is 1.17. The molecule has 0 saturated carbocycles. The van der Waals surface area contributed by atoms with Crippen LogP contribution in [0.15, 0.2) is 12.1 Å². The fraction of sp³-hybridized carbons (Fsp3) is 0.600. The van der Waals surface area contributed by atoms with E-state index in [1.54, 1.807) is 0 Å². The molecule has 2 rings (SSSR count). The molecule has 8 heteroatoms. The molecule has 18 heavy (non-hydrogen) atoms. The molecular formula is C10H12F3N3O2. The lowest BCUT2D eigenvalue weighted by Crippen LogP contribution is -2.50. The van der Waals surface area contributed by atoms with Gasteiger partial charge in [0.1, 0.15) is 5.82 Å². The van der Waals surface area contributed by atoms with Gasteiger partial charge in [0, 0.05) is 6.54 Å². The Labute approximate surface area is 101 Å². The second kappa shape index (κ2) is 4.69. The van der Waals surface area contributed by atoms with Crippen molar-refractivity contribution in [3.63, 3.8) is 0 Å². The molecule has 0 aromatic carbocycles. The Morgan fingerprint density at radius 1 is 1.33 bits per heavy atom. The molecule has 2 heterocycles. The second-order valence-electron chi connectivity index (χ2n) is 4.31. The molecule has 5 nitrogen and oxygen atoms in total. The number of anilines is 1. The summed E-state index contributed by atoms with van der Waals surface area (Å²) < 4.78 is 41.7.